The van der Waals surface area contributed by atoms with Gasteiger partial charge in [-0.15, -0.1) is 0 Å². The number of anilines is 2. The minimum absolute atomic E-state index is 0.322. The number of nitrogens with one attached hydrogen (secondary N) is 1. The summed E-state index contributed by atoms with van der Waals surface area (Å²) in [7, 11) is 0. The van der Waals surface area contributed by atoms with Gasteiger partial charge in [-0.3, -0.25) is 9.67 Å². The highest BCUT2D eigenvalue weighted by atomic mass is 15.3. The van der Waals surface area contributed by atoms with E-state index in [-0.39, 0.29) is 0 Å². The summed E-state index contributed by atoms with van der Waals surface area (Å²) in [5.41, 5.74) is 11.6. The average Bonchev–Trinajstić information content (AvgIpc) is 3.34. The predicted octanol–water partition coefficient (Wildman–Crippen LogP) is 5.37. The first-order valence-electron chi connectivity index (χ1n) is 11.4. The van der Waals surface area contributed by atoms with E-state index < -0.39 is 0 Å². The molecule has 0 spiro atoms. The fraction of sp³-hybridized carbons (Fsp3) is 0.185. The molecule has 0 amide bonds. The van der Waals surface area contributed by atoms with Crippen LogP contribution in [0.15, 0.2) is 79.1 Å². The summed E-state index contributed by atoms with van der Waals surface area (Å²) in [6.07, 6.45) is 4.41. The molecular formula is C27H27N7. The Kier molecular flexibility index (Phi) is 5.91. The van der Waals surface area contributed by atoms with Gasteiger partial charge in [0.05, 0.1) is 22.6 Å². The lowest BCUT2D eigenvalue weighted by molar-refractivity contribution is 0.534. The Labute approximate surface area is 198 Å². The average molecular weight is 450 g/mol. The molecule has 7 nitrogen and oxygen atoms in total. The van der Waals surface area contributed by atoms with Gasteiger partial charge in [0.2, 0.25) is 0 Å². The molecule has 34 heavy (non-hydrogen) atoms. The molecule has 5 rings (SSSR count). The lowest BCUT2D eigenvalue weighted by atomic mass is 10.0. The Hall–Kier alpha value is -4.26. The number of nitrogen functional groups attached to an aromatic ring is 1. The monoisotopic (exact) mass is 449 g/mol. The minimum atomic E-state index is 0.322. The number of hydrogen-bond donors (Lipinski definition) is 2. The number of fused-ring (bicyclic) bond motifs is 1. The highest BCUT2D eigenvalue weighted by Gasteiger charge is 2.16. The standard InChI is InChI=1S/C27H27N7/c1-18(2)34-16-13-24(33-34)30-15-12-23-27(28)32-25(19-7-4-3-5-8-19)26(31-23)21-10-11-22-20(17-21)9-6-14-29-22/h3-11,13-14,16-18H,12,15H2,1-2H3,(H2,28,32)(H,30,33). The van der Waals surface area contributed by atoms with Crippen molar-refractivity contribution in [1.82, 2.24) is 24.7 Å². The quantitative estimate of drug-likeness (QED) is 0.347. The van der Waals surface area contributed by atoms with E-state index in [1.54, 1.807) is 6.20 Å². The van der Waals surface area contributed by atoms with Gasteiger partial charge in [-0.1, -0.05) is 42.5 Å². The third-order valence-electron chi connectivity index (χ3n) is 5.73. The van der Waals surface area contributed by atoms with Crippen LogP contribution in [-0.4, -0.2) is 31.3 Å². The van der Waals surface area contributed by atoms with Crippen molar-refractivity contribution >= 4 is 22.5 Å². The summed E-state index contributed by atoms with van der Waals surface area (Å²) in [4.78, 5) is 14.3. The summed E-state index contributed by atoms with van der Waals surface area (Å²) in [6, 6.07) is 22.5. The van der Waals surface area contributed by atoms with Gasteiger partial charge in [0.25, 0.3) is 0 Å². The second-order valence-electron chi connectivity index (χ2n) is 8.48. The molecule has 2 aromatic carbocycles. The molecule has 3 heterocycles. The number of benzene rings is 2. The Morgan fingerprint density at radius 1 is 0.912 bits per heavy atom. The number of pyridine rings is 1. The molecule has 0 aliphatic carbocycles. The van der Waals surface area contributed by atoms with E-state index in [0.29, 0.717) is 24.8 Å². The van der Waals surface area contributed by atoms with E-state index >= 15 is 0 Å². The van der Waals surface area contributed by atoms with E-state index in [1.807, 2.05) is 65.5 Å². The highest BCUT2D eigenvalue weighted by Crippen LogP contribution is 2.32. The van der Waals surface area contributed by atoms with Crippen molar-refractivity contribution in [1.29, 1.82) is 0 Å². The second-order valence-corrected chi connectivity index (χ2v) is 8.48. The van der Waals surface area contributed by atoms with Gasteiger partial charge in [0, 0.05) is 54.0 Å². The van der Waals surface area contributed by atoms with Crippen LogP contribution in [0, 0.1) is 0 Å². The van der Waals surface area contributed by atoms with Gasteiger partial charge < -0.3 is 11.1 Å². The molecule has 0 aliphatic rings. The lowest BCUT2D eigenvalue weighted by Crippen LogP contribution is -2.12. The van der Waals surface area contributed by atoms with Crippen molar-refractivity contribution in [3.63, 3.8) is 0 Å². The summed E-state index contributed by atoms with van der Waals surface area (Å²) < 4.78 is 1.93. The fourth-order valence-electron chi connectivity index (χ4n) is 3.92. The number of hydrogen-bond acceptors (Lipinski definition) is 6. The smallest absolute Gasteiger partial charge is 0.148 e. The van der Waals surface area contributed by atoms with Crippen molar-refractivity contribution in [2.75, 3.05) is 17.6 Å². The molecule has 170 valence electrons. The van der Waals surface area contributed by atoms with Crippen molar-refractivity contribution in [3.05, 3.63) is 84.8 Å². The zero-order valence-corrected chi connectivity index (χ0v) is 19.3. The number of aromatic nitrogens is 5. The maximum Gasteiger partial charge on any atom is 0.148 e. The van der Waals surface area contributed by atoms with Crippen LogP contribution in [0.3, 0.4) is 0 Å². The summed E-state index contributed by atoms with van der Waals surface area (Å²) >= 11 is 0. The van der Waals surface area contributed by atoms with Crippen LogP contribution in [0.5, 0.6) is 0 Å². The maximum atomic E-state index is 6.39. The van der Waals surface area contributed by atoms with Crippen LogP contribution in [0.2, 0.25) is 0 Å². The van der Waals surface area contributed by atoms with Crippen LogP contribution in [0.4, 0.5) is 11.6 Å². The normalized spacial score (nSPS) is 11.3. The lowest BCUT2D eigenvalue weighted by Gasteiger charge is -2.14. The number of nitrogens with two attached hydrogens (primary N) is 1. The van der Waals surface area contributed by atoms with E-state index in [0.717, 1.165) is 44.9 Å². The van der Waals surface area contributed by atoms with Crippen molar-refractivity contribution in [2.24, 2.45) is 0 Å². The van der Waals surface area contributed by atoms with Crippen molar-refractivity contribution in [3.8, 4) is 22.5 Å². The van der Waals surface area contributed by atoms with Crippen molar-refractivity contribution < 1.29 is 0 Å². The molecule has 0 unspecified atom stereocenters. The molecular weight excluding hydrogens is 422 g/mol. The number of nitrogens with zero attached hydrogens (tertiary/aromatic N) is 5. The molecule has 3 N–H and O–H groups in total. The highest BCUT2D eigenvalue weighted by molar-refractivity contribution is 5.87. The summed E-state index contributed by atoms with van der Waals surface area (Å²) in [5.74, 6) is 1.28. The molecule has 0 saturated carbocycles. The first kappa shape index (κ1) is 21.6. The zero-order chi connectivity index (χ0) is 23.5. The number of rotatable bonds is 7. The third kappa shape index (κ3) is 4.45. The van der Waals surface area contributed by atoms with Gasteiger partial charge >= 0.3 is 0 Å². The van der Waals surface area contributed by atoms with E-state index in [1.165, 1.54) is 0 Å². The van der Waals surface area contributed by atoms with Crippen LogP contribution >= 0.6 is 0 Å². The van der Waals surface area contributed by atoms with E-state index in [4.69, 9.17) is 15.7 Å². The Morgan fingerprint density at radius 3 is 2.53 bits per heavy atom. The molecule has 0 saturated heterocycles. The van der Waals surface area contributed by atoms with E-state index in [9.17, 15) is 0 Å². The molecule has 7 heteroatoms. The minimum Gasteiger partial charge on any atom is -0.382 e. The van der Waals surface area contributed by atoms with E-state index in [2.05, 4.69) is 41.4 Å². The summed E-state index contributed by atoms with van der Waals surface area (Å²) in [6.45, 7) is 4.86. The van der Waals surface area contributed by atoms with Gasteiger partial charge in [0.1, 0.15) is 11.6 Å². The maximum absolute atomic E-state index is 6.39. The zero-order valence-electron chi connectivity index (χ0n) is 19.3. The topological polar surface area (TPSA) is 94.5 Å². The van der Waals surface area contributed by atoms with Crippen LogP contribution < -0.4 is 11.1 Å². The molecule has 5 aromatic rings. The Balaban J connectivity index is 1.49. The Morgan fingerprint density at radius 2 is 1.74 bits per heavy atom. The Bertz CT molecular complexity index is 1420. The predicted molar refractivity (Wildman–Crippen MR) is 137 cm³/mol. The van der Waals surface area contributed by atoms with Gasteiger partial charge in [-0.2, -0.15) is 5.10 Å². The molecule has 0 aliphatic heterocycles. The fourth-order valence-corrected chi connectivity index (χ4v) is 3.92. The van der Waals surface area contributed by atoms with Gasteiger partial charge in [0.15, 0.2) is 0 Å². The molecule has 0 bridgehead atoms. The van der Waals surface area contributed by atoms with Gasteiger partial charge in [-0.05, 0) is 32.0 Å². The second kappa shape index (κ2) is 9.31. The van der Waals surface area contributed by atoms with Crippen LogP contribution in [0.1, 0.15) is 25.6 Å². The van der Waals surface area contributed by atoms with Gasteiger partial charge in [-0.25, -0.2) is 9.97 Å². The van der Waals surface area contributed by atoms with Crippen LogP contribution in [-0.2, 0) is 6.42 Å². The molecule has 0 atom stereocenters. The molecule has 0 fully saturated rings. The first-order chi connectivity index (χ1) is 16.6. The molecule has 0 radical (unpaired) electrons. The largest absolute Gasteiger partial charge is 0.382 e. The summed E-state index contributed by atoms with van der Waals surface area (Å²) in [5, 5.41) is 8.96. The van der Waals surface area contributed by atoms with Crippen molar-refractivity contribution in [2.45, 2.75) is 26.3 Å². The third-order valence-corrected chi connectivity index (χ3v) is 5.73. The SMILES string of the molecule is CC(C)n1ccc(NCCc2nc(-c3ccc4ncccc4c3)c(-c3ccccc3)nc2N)n1. The van der Waals surface area contributed by atoms with Crippen LogP contribution in [0.25, 0.3) is 33.4 Å². The molecule has 3 aromatic heterocycles. The first-order valence-corrected chi connectivity index (χ1v) is 11.4.